The van der Waals surface area contributed by atoms with Crippen molar-refractivity contribution in [2.45, 2.75) is 13.8 Å². The zero-order valence-electron chi connectivity index (χ0n) is 16.0. The fourth-order valence-electron chi connectivity index (χ4n) is 2.96. The SMILES string of the molecule is Cc1cccc(C)c1NC(=S)C(=C(O)c1ccc([N+](=O)[O-])cc1)[n+]1ccccc1. The van der Waals surface area contributed by atoms with Crippen LogP contribution in [0.3, 0.4) is 0 Å². The zero-order chi connectivity index (χ0) is 21.0. The van der Waals surface area contributed by atoms with Gasteiger partial charge in [0.25, 0.3) is 11.4 Å². The summed E-state index contributed by atoms with van der Waals surface area (Å²) in [6, 6.07) is 17.1. The molecule has 0 bridgehead atoms. The van der Waals surface area contributed by atoms with E-state index in [9.17, 15) is 15.2 Å². The molecule has 146 valence electrons. The van der Waals surface area contributed by atoms with Crippen molar-refractivity contribution in [3.05, 3.63) is 99.9 Å². The van der Waals surface area contributed by atoms with Gasteiger partial charge in [-0.15, -0.1) is 0 Å². The third-order valence-corrected chi connectivity index (χ3v) is 4.78. The van der Waals surface area contributed by atoms with Gasteiger partial charge in [0.1, 0.15) is 0 Å². The number of hydrogen-bond donors (Lipinski definition) is 2. The average molecular weight is 406 g/mol. The van der Waals surface area contributed by atoms with Crippen LogP contribution in [0.5, 0.6) is 0 Å². The summed E-state index contributed by atoms with van der Waals surface area (Å²) in [4.78, 5) is 10.8. The largest absolute Gasteiger partial charge is 0.502 e. The molecule has 1 heterocycles. The first-order valence-corrected chi connectivity index (χ1v) is 9.31. The molecule has 0 radical (unpaired) electrons. The zero-order valence-corrected chi connectivity index (χ0v) is 16.8. The number of non-ortho nitro benzene ring substituents is 1. The van der Waals surface area contributed by atoms with E-state index in [1.54, 1.807) is 17.0 Å². The number of benzene rings is 2. The van der Waals surface area contributed by atoms with Crippen molar-refractivity contribution in [1.29, 1.82) is 0 Å². The van der Waals surface area contributed by atoms with E-state index in [4.69, 9.17) is 12.2 Å². The van der Waals surface area contributed by atoms with Crippen LogP contribution in [0.4, 0.5) is 11.4 Å². The van der Waals surface area contributed by atoms with Gasteiger partial charge >= 0.3 is 0 Å². The molecule has 7 heteroatoms. The molecule has 2 N–H and O–H groups in total. The fourth-order valence-corrected chi connectivity index (χ4v) is 3.26. The minimum Gasteiger partial charge on any atom is -0.502 e. The van der Waals surface area contributed by atoms with E-state index in [2.05, 4.69) is 5.32 Å². The second-order valence-electron chi connectivity index (χ2n) is 6.50. The summed E-state index contributed by atoms with van der Waals surface area (Å²) in [7, 11) is 0. The highest BCUT2D eigenvalue weighted by atomic mass is 32.1. The number of nitro groups is 1. The summed E-state index contributed by atoms with van der Waals surface area (Å²) >= 11 is 5.64. The molecule has 0 fully saturated rings. The van der Waals surface area contributed by atoms with Crippen molar-refractivity contribution < 1.29 is 14.6 Å². The number of nitrogens with zero attached hydrogens (tertiary/aromatic N) is 2. The van der Waals surface area contributed by atoms with Crippen LogP contribution in [0.1, 0.15) is 16.7 Å². The minimum atomic E-state index is -0.482. The number of para-hydroxylation sites is 1. The van der Waals surface area contributed by atoms with Crippen molar-refractivity contribution in [3.63, 3.8) is 0 Å². The molecule has 3 aromatic rings. The van der Waals surface area contributed by atoms with Gasteiger partial charge in [0, 0.05) is 35.5 Å². The van der Waals surface area contributed by atoms with Gasteiger partial charge in [0.15, 0.2) is 23.1 Å². The Labute approximate surface area is 173 Å². The summed E-state index contributed by atoms with van der Waals surface area (Å²) in [5, 5.41) is 25.2. The molecule has 3 rings (SSSR count). The fraction of sp³-hybridized carbons (Fsp3) is 0.0909. The Morgan fingerprint density at radius 1 is 1.00 bits per heavy atom. The van der Waals surface area contributed by atoms with E-state index < -0.39 is 4.92 Å². The highest BCUT2D eigenvalue weighted by molar-refractivity contribution is 7.81. The molecule has 0 saturated carbocycles. The number of pyridine rings is 1. The van der Waals surface area contributed by atoms with Crippen molar-refractivity contribution in [3.8, 4) is 0 Å². The van der Waals surface area contributed by atoms with Crippen LogP contribution in [0.25, 0.3) is 11.5 Å². The van der Waals surface area contributed by atoms with Gasteiger partial charge in [-0.1, -0.05) is 36.5 Å². The van der Waals surface area contributed by atoms with Gasteiger partial charge in [0.05, 0.1) is 4.92 Å². The van der Waals surface area contributed by atoms with Crippen molar-refractivity contribution in [2.24, 2.45) is 0 Å². The Balaban J connectivity index is 2.08. The van der Waals surface area contributed by atoms with E-state index >= 15 is 0 Å². The normalized spacial score (nSPS) is 11.5. The Kier molecular flexibility index (Phi) is 5.99. The maximum Gasteiger partial charge on any atom is 0.288 e. The van der Waals surface area contributed by atoms with E-state index in [0.29, 0.717) is 16.2 Å². The van der Waals surface area contributed by atoms with E-state index in [1.807, 2.05) is 50.2 Å². The van der Waals surface area contributed by atoms with Crippen LogP contribution in [0, 0.1) is 24.0 Å². The first-order chi connectivity index (χ1) is 13.9. The maximum atomic E-state index is 11.0. The maximum absolute atomic E-state index is 11.0. The molecule has 29 heavy (non-hydrogen) atoms. The molecular weight excluding hydrogens is 386 g/mol. The smallest absolute Gasteiger partial charge is 0.288 e. The third kappa shape index (κ3) is 4.47. The Bertz CT molecular complexity index is 1070. The van der Waals surface area contributed by atoms with Crippen LogP contribution >= 0.6 is 12.2 Å². The van der Waals surface area contributed by atoms with Crippen molar-refractivity contribution in [2.75, 3.05) is 5.32 Å². The van der Waals surface area contributed by atoms with Gasteiger partial charge in [-0.05, 0) is 37.1 Å². The van der Waals surface area contributed by atoms with Gasteiger partial charge in [-0.25, -0.2) is 0 Å². The Hall–Kier alpha value is -3.58. The third-order valence-electron chi connectivity index (χ3n) is 4.48. The number of nitrogens with one attached hydrogen (secondary N) is 1. The lowest BCUT2D eigenvalue weighted by atomic mass is 10.1. The number of aliphatic hydroxyl groups is 1. The number of thiocarbonyl (C=S) groups is 1. The van der Waals surface area contributed by atoms with E-state index in [1.165, 1.54) is 24.3 Å². The first kappa shape index (κ1) is 20.2. The van der Waals surface area contributed by atoms with Crippen molar-refractivity contribution >= 4 is 40.0 Å². The van der Waals surface area contributed by atoms with Gasteiger partial charge in [-0.3, -0.25) is 10.1 Å². The summed E-state index contributed by atoms with van der Waals surface area (Å²) in [5.41, 5.74) is 3.68. The van der Waals surface area contributed by atoms with Gasteiger partial charge in [0.2, 0.25) is 0 Å². The molecular formula is C22H20N3O3S+. The summed E-state index contributed by atoms with van der Waals surface area (Å²) in [6.07, 6.45) is 3.55. The molecule has 0 aliphatic rings. The molecule has 0 unspecified atom stereocenters. The Morgan fingerprint density at radius 2 is 1.59 bits per heavy atom. The molecule has 1 aromatic heterocycles. The Morgan fingerprint density at radius 3 is 2.14 bits per heavy atom. The van der Waals surface area contributed by atoms with Crippen LogP contribution in [0.2, 0.25) is 0 Å². The van der Waals surface area contributed by atoms with Gasteiger partial charge in [-0.2, -0.15) is 4.57 Å². The van der Waals surface area contributed by atoms with Crippen LogP contribution in [-0.4, -0.2) is 15.0 Å². The molecule has 0 aliphatic carbocycles. The molecule has 2 aromatic carbocycles. The molecule has 0 saturated heterocycles. The predicted molar refractivity (Wildman–Crippen MR) is 118 cm³/mol. The van der Waals surface area contributed by atoms with E-state index in [-0.39, 0.29) is 11.4 Å². The second kappa shape index (κ2) is 8.62. The molecule has 0 aliphatic heterocycles. The van der Waals surface area contributed by atoms with Gasteiger partial charge < -0.3 is 10.4 Å². The number of nitro benzene ring substituents is 1. The number of aliphatic hydroxyl groups excluding tert-OH is 1. The van der Waals surface area contributed by atoms with Crippen molar-refractivity contribution in [1.82, 2.24) is 0 Å². The lowest BCUT2D eigenvalue weighted by molar-refractivity contribution is -0.575. The highest BCUT2D eigenvalue weighted by Gasteiger charge is 2.24. The topological polar surface area (TPSA) is 79.3 Å². The minimum absolute atomic E-state index is 0.0494. The average Bonchev–Trinajstić information content (AvgIpc) is 2.72. The number of rotatable bonds is 5. The van der Waals surface area contributed by atoms with Crippen LogP contribution < -0.4 is 9.88 Å². The number of aromatic nitrogens is 1. The highest BCUT2D eigenvalue weighted by Crippen LogP contribution is 2.24. The summed E-state index contributed by atoms with van der Waals surface area (Å²) in [6.45, 7) is 3.96. The predicted octanol–water partition coefficient (Wildman–Crippen LogP) is 4.82. The quantitative estimate of drug-likeness (QED) is 0.159. The monoisotopic (exact) mass is 406 g/mol. The number of anilines is 1. The number of hydrogen-bond acceptors (Lipinski definition) is 4. The van der Waals surface area contributed by atoms with E-state index in [0.717, 1.165) is 16.8 Å². The first-order valence-electron chi connectivity index (χ1n) is 8.91. The molecule has 0 spiro atoms. The van der Waals surface area contributed by atoms with Crippen LogP contribution in [0.15, 0.2) is 73.1 Å². The molecule has 0 amide bonds. The standard InChI is InChI=1S/C22H19N3O3S/c1-15-7-6-8-16(2)19(15)23-22(29)20(24-13-4-3-5-14-24)21(26)17-9-11-18(12-10-17)25(27)28/h3-14H,1-2H3,(H-,23,26,29)/p+1. The summed E-state index contributed by atoms with van der Waals surface area (Å²) < 4.78 is 1.71. The number of aryl methyl sites for hydroxylation is 2. The lowest BCUT2D eigenvalue weighted by Gasteiger charge is -2.14. The second-order valence-corrected chi connectivity index (χ2v) is 6.91. The molecule has 0 atom stereocenters. The lowest BCUT2D eigenvalue weighted by Crippen LogP contribution is -2.38. The van der Waals surface area contributed by atoms with Crippen LogP contribution in [-0.2, 0) is 0 Å². The molecule has 6 nitrogen and oxygen atoms in total. The summed E-state index contributed by atoms with van der Waals surface area (Å²) in [5.74, 6) is -0.0835.